The SMILES string of the molecule is CNC(=O)/C(C#N)=C/c1ccc(OS(N)(=O)=O)c(O)c1. The topological polar surface area (TPSA) is 143 Å². The predicted octanol–water partition coefficient (Wildman–Crippen LogP) is -0.373. The molecule has 0 radical (unpaired) electrons. The van der Waals surface area contributed by atoms with Crippen molar-refractivity contribution < 1.29 is 22.5 Å². The molecule has 0 atom stereocenters. The van der Waals surface area contributed by atoms with Crippen molar-refractivity contribution in [3.63, 3.8) is 0 Å². The van der Waals surface area contributed by atoms with Crippen LogP contribution in [0.5, 0.6) is 11.5 Å². The van der Waals surface area contributed by atoms with Gasteiger partial charge in [-0.1, -0.05) is 6.07 Å². The molecule has 0 saturated carbocycles. The Balaban J connectivity index is 3.13. The molecule has 106 valence electrons. The largest absolute Gasteiger partial charge is 0.504 e. The Morgan fingerprint density at radius 1 is 1.55 bits per heavy atom. The fourth-order valence-electron chi connectivity index (χ4n) is 1.27. The lowest BCUT2D eigenvalue weighted by Crippen LogP contribution is -2.19. The summed E-state index contributed by atoms with van der Waals surface area (Å²) in [6, 6.07) is 5.31. The quantitative estimate of drug-likeness (QED) is 0.511. The van der Waals surface area contributed by atoms with E-state index in [1.165, 1.54) is 19.2 Å². The normalized spacial score (nSPS) is 11.6. The Morgan fingerprint density at radius 2 is 2.20 bits per heavy atom. The molecule has 8 nitrogen and oxygen atoms in total. The van der Waals surface area contributed by atoms with Crippen molar-refractivity contribution in [2.45, 2.75) is 0 Å². The van der Waals surface area contributed by atoms with Gasteiger partial charge in [0, 0.05) is 7.05 Å². The standard InChI is InChI=1S/C11H11N3O5S/c1-14-11(16)8(6-12)4-7-2-3-10(9(15)5-7)19-20(13,17)18/h2-5,15H,1H3,(H,14,16)(H2,13,17,18)/b8-4+. The number of nitriles is 1. The van der Waals surface area contributed by atoms with Gasteiger partial charge < -0.3 is 14.6 Å². The van der Waals surface area contributed by atoms with Crippen molar-refractivity contribution in [3.05, 3.63) is 29.3 Å². The van der Waals surface area contributed by atoms with Crippen molar-refractivity contribution in [1.82, 2.24) is 5.32 Å². The summed E-state index contributed by atoms with van der Waals surface area (Å²) < 4.78 is 25.8. The molecule has 0 spiro atoms. The predicted molar refractivity (Wildman–Crippen MR) is 69.5 cm³/mol. The lowest BCUT2D eigenvalue weighted by Gasteiger charge is -2.05. The average molecular weight is 297 g/mol. The van der Waals surface area contributed by atoms with E-state index in [1.54, 1.807) is 6.07 Å². The van der Waals surface area contributed by atoms with Gasteiger partial charge in [-0.3, -0.25) is 4.79 Å². The molecule has 1 amide bonds. The number of nitrogens with one attached hydrogen (secondary N) is 1. The molecule has 0 aliphatic carbocycles. The molecule has 0 bridgehead atoms. The average Bonchev–Trinajstić information content (AvgIpc) is 2.36. The van der Waals surface area contributed by atoms with Crippen LogP contribution in [-0.2, 0) is 15.1 Å². The lowest BCUT2D eigenvalue weighted by atomic mass is 10.1. The van der Waals surface area contributed by atoms with Crippen LogP contribution in [0.3, 0.4) is 0 Å². The first kappa shape index (κ1) is 15.5. The second-order valence-corrected chi connectivity index (χ2v) is 4.70. The molecule has 9 heteroatoms. The van der Waals surface area contributed by atoms with Gasteiger partial charge in [0.05, 0.1) is 0 Å². The van der Waals surface area contributed by atoms with Crippen LogP contribution in [0.4, 0.5) is 0 Å². The minimum absolute atomic E-state index is 0.174. The molecule has 1 rings (SSSR count). The van der Waals surface area contributed by atoms with E-state index in [0.717, 1.165) is 12.1 Å². The zero-order valence-electron chi connectivity index (χ0n) is 10.3. The zero-order valence-corrected chi connectivity index (χ0v) is 11.1. The van der Waals surface area contributed by atoms with E-state index in [0.29, 0.717) is 5.56 Å². The van der Waals surface area contributed by atoms with Gasteiger partial charge in [-0.05, 0) is 23.8 Å². The zero-order chi connectivity index (χ0) is 15.3. The Labute approximate surface area is 115 Å². The second kappa shape index (κ2) is 6.05. The summed E-state index contributed by atoms with van der Waals surface area (Å²) in [5.41, 5.74) is 0.136. The highest BCUT2D eigenvalue weighted by molar-refractivity contribution is 7.84. The number of phenols is 1. The van der Waals surface area contributed by atoms with Gasteiger partial charge in [-0.15, -0.1) is 0 Å². The van der Waals surface area contributed by atoms with Crippen molar-refractivity contribution >= 4 is 22.3 Å². The molecule has 20 heavy (non-hydrogen) atoms. The summed E-state index contributed by atoms with van der Waals surface area (Å²) in [5, 5.41) is 25.3. The molecule has 4 N–H and O–H groups in total. The van der Waals surface area contributed by atoms with Gasteiger partial charge in [-0.25, -0.2) is 0 Å². The molecule has 0 unspecified atom stereocenters. The fraction of sp³-hybridized carbons (Fsp3) is 0.0909. The van der Waals surface area contributed by atoms with Gasteiger partial charge in [0.25, 0.3) is 5.91 Å². The smallest absolute Gasteiger partial charge is 0.380 e. The number of hydrogen-bond acceptors (Lipinski definition) is 6. The summed E-state index contributed by atoms with van der Waals surface area (Å²) in [5.74, 6) is -1.44. The Morgan fingerprint density at radius 3 is 2.65 bits per heavy atom. The number of aromatic hydroxyl groups is 1. The van der Waals surface area contributed by atoms with E-state index < -0.39 is 22.0 Å². The highest BCUT2D eigenvalue weighted by atomic mass is 32.2. The first-order chi connectivity index (χ1) is 9.26. The maximum Gasteiger partial charge on any atom is 0.380 e. The third-order valence-corrected chi connectivity index (χ3v) is 2.50. The monoisotopic (exact) mass is 297 g/mol. The first-order valence-electron chi connectivity index (χ1n) is 5.16. The Kier molecular flexibility index (Phi) is 4.68. The number of rotatable bonds is 4. The highest BCUT2D eigenvalue weighted by Gasteiger charge is 2.11. The van der Waals surface area contributed by atoms with Crippen molar-refractivity contribution in [3.8, 4) is 17.6 Å². The van der Waals surface area contributed by atoms with Gasteiger partial charge in [0.1, 0.15) is 11.6 Å². The van der Waals surface area contributed by atoms with Crippen LogP contribution >= 0.6 is 0 Å². The van der Waals surface area contributed by atoms with Crippen LogP contribution in [0, 0.1) is 11.3 Å². The minimum atomic E-state index is -4.25. The van der Waals surface area contributed by atoms with E-state index in [1.807, 2.05) is 0 Å². The third kappa shape index (κ3) is 4.27. The molecule has 1 aromatic carbocycles. The Bertz CT molecular complexity index is 703. The van der Waals surface area contributed by atoms with Gasteiger partial charge >= 0.3 is 10.3 Å². The number of likely N-dealkylation sites (N-methyl/N-ethyl adjacent to an activating group) is 1. The summed E-state index contributed by atoms with van der Waals surface area (Å²) in [6.07, 6.45) is 1.22. The molecule has 1 aromatic rings. The van der Waals surface area contributed by atoms with Gasteiger partial charge in [-0.2, -0.15) is 18.8 Å². The third-order valence-electron chi connectivity index (χ3n) is 2.09. The molecular weight excluding hydrogens is 286 g/mol. The fourth-order valence-corrected chi connectivity index (χ4v) is 1.66. The number of hydrogen-bond donors (Lipinski definition) is 3. The maximum atomic E-state index is 11.3. The minimum Gasteiger partial charge on any atom is -0.504 e. The number of benzene rings is 1. The van der Waals surface area contributed by atoms with Crippen LogP contribution in [-0.4, -0.2) is 26.5 Å². The first-order valence-corrected chi connectivity index (χ1v) is 6.63. The van der Waals surface area contributed by atoms with E-state index in [9.17, 15) is 18.3 Å². The number of carbonyl (C=O) groups excluding carboxylic acids is 1. The van der Waals surface area contributed by atoms with Crippen LogP contribution in [0.25, 0.3) is 6.08 Å². The second-order valence-electron chi connectivity index (χ2n) is 3.55. The van der Waals surface area contributed by atoms with E-state index in [-0.39, 0.29) is 11.3 Å². The van der Waals surface area contributed by atoms with Crippen molar-refractivity contribution in [2.75, 3.05) is 7.05 Å². The summed E-state index contributed by atoms with van der Waals surface area (Å²) in [7, 11) is -2.88. The number of phenolic OH excluding ortho intramolecular Hbond substituents is 1. The summed E-state index contributed by atoms with van der Waals surface area (Å²) in [6.45, 7) is 0. The van der Waals surface area contributed by atoms with Crippen molar-refractivity contribution in [1.29, 1.82) is 5.26 Å². The Hall–Kier alpha value is -2.57. The molecular formula is C11H11N3O5S. The molecule has 0 aromatic heterocycles. The number of nitrogens with zero attached hydrogens (tertiary/aromatic N) is 1. The van der Waals surface area contributed by atoms with Gasteiger partial charge in [0.2, 0.25) is 0 Å². The molecule has 0 aliphatic heterocycles. The van der Waals surface area contributed by atoms with Crippen LogP contribution in [0.2, 0.25) is 0 Å². The summed E-state index contributed by atoms with van der Waals surface area (Å²) in [4.78, 5) is 11.3. The number of amides is 1. The number of carbonyl (C=O) groups is 1. The molecule has 0 heterocycles. The van der Waals surface area contributed by atoms with Crippen LogP contribution in [0.1, 0.15) is 5.56 Å². The van der Waals surface area contributed by atoms with Crippen molar-refractivity contribution in [2.24, 2.45) is 5.14 Å². The van der Waals surface area contributed by atoms with Gasteiger partial charge in [0.15, 0.2) is 11.5 Å². The van der Waals surface area contributed by atoms with E-state index >= 15 is 0 Å². The summed E-state index contributed by atoms with van der Waals surface area (Å²) >= 11 is 0. The molecule has 0 fully saturated rings. The van der Waals surface area contributed by atoms with E-state index in [4.69, 9.17) is 5.26 Å². The molecule has 0 saturated heterocycles. The van der Waals surface area contributed by atoms with Crippen LogP contribution in [0.15, 0.2) is 23.8 Å². The highest BCUT2D eigenvalue weighted by Crippen LogP contribution is 2.28. The molecule has 0 aliphatic rings. The lowest BCUT2D eigenvalue weighted by molar-refractivity contribution is -0.116. The maximum absolute atomic E-state index is 11.3. The number of nitrogens with two attached hydrogens (primary N) is 1. The van der Waals surface area contributed by atoms with Crippen LogP contribution < -0.4 is 14.6 Å². The van der Waals surface area contributed by atoms with E-state index in [2.05, 4.69) is 14.6 Å².